The zero-order chi connectivity index (χ0) is 24.1. The summed E-state index contributed by atoms with van der Waals surface area (Å²) in [5.74, 6) is -0.208. The van der Waals surface area contributed by atoms with Crippen molar-refractivity contribution in [3.8, 4) is 16.9 Å². The van der Waals surface area contributed by atoms with Crippen LogP contribution in [0, 0.1) is 6.92 Å². The van der Waals surface area contributed by atoms with Gasteiger partial charge in [0.2, 0.25) is 0 Å². The number of nitrogens with zero attached hydrogens (tertiary/aromatic N) is 1. The highest BCUT2D eigenvalue weighted by Crippen LogP contribution is 2.27. The Hall–Kier alpha value is -3.90. The van der Waals surface area contributed by atoms with Gasteiger partial charge in [0.25, 0.3) is 15.9 Å². The minimum absolute atomic E-state index is 0.0368. The van der Waals surface area contributed by atoms with Gasteiger partial charge in [-0.3, -0.25) is 4.79 Å². The SMILES string of the molecule is Cc1ccc(S(=O)(=O)N(C(=O)C(C)Oc2ccc(-c3ccccc3)cc2)c2ccccc2)cc1. The number of hydrogen-bond acceptors (Lipinski definition) is 4. The second-order valence-electron chi connectivity index (χ2n) is 7.91. The summed E-state index contributed by atoms with van der Waals surface area (Å²) in [5.41, 5.74) is 3.26. The van der Waals surface area contributed by atoms with Crippen LogP contribution in [0.15, 0.2) is 114 Å². The van der Waals surface area contributed by atoms with E-state index in [0.717, 1.165) is 21.0 Å². The lowest BCUT2D eigenvalue weighted by Crippen LogP contribution is -2.44. The molecule has 1 amide bonds. The highest BCUT2D eigenvalue weighted by Gasteiger charge is 2.34. The quantitative estimate of drug-likeness (QED) is 0.339. The number of aryl methyl sites for hydroxylation is 1. The molecule has 5 nitrogen and oxygen atoms in total. The average Bonchev–Trinajstić information content (AvgIpc) is 2.86. The first kappa shape index (κ1) is 23.3. The van der Waals surface area contributed by atoms with Crippen LogP contribution in [-0.4, -0.2) is 20.4 Å². The number of anilines is 1. The third kappa shape index (κ3) is 5.02. The Morgan fingerprint density at radius 1 is 0.735 bits per heavy atom. The van der Waals surface area contributed by atoms with Gasteiger partial charge in [0.1, 0.15) is 5.75 Å². The molecular formula is C28H25NO4S. The van der Waals surface area contributed by atoms with Gasteiger partial charge in [0.15, 0.2) is 6.10 Å². The molecule has 0 heterocycles. The van der Waals surface area contributed by atoms with Crippen molar-refractivity contribution in [2.75, 3.05) is 4.31 Å². The molecule has 4 rings (SSSR count). The third-order valence-corrected chi connectivity index (χ3v) is 7.11. The van der Waals surface area contributed by atoms with E-state index in [2.05, 4.69) is 0 Å². The first-order valence-electron chi connectivity index (χ1n) is 10.9. The second kappa shape index (κ2) is 9.93. The van der Waals surface area contributed by atoms with Crippen LogP contribution in [0.4, 0.5) is 5.69 Å². The summed E-state index contributed by atoms with van der Waals surface area (Å²) in [5, 5.41) is 0. The summed E-state index contributed by atoms with van der Waals surface area (Å²) in [7, 11) is -4.15. The van der Waals surface area contributed by atoms with Crippen molar-refractivity contribution in [3.63, 3.8) is 0 Å². The van der Waals surface area contributed by atoms with Crippen molar-refractivity contribution in [2.45, 2.75) is 24.8 Å². The van der Waals surface area contributed by atoms with E-state index in [1.807, 2.05) is 49.4 Å². The summed E-state index contributed by atoms with van der Waals surface area (Å²) in [6.45, 7) is 3.42. The maximum atomic E-state index is 13.5. The van der Waals surface area contributed by atoms with E-state index in [4.69, 9.17) is 4.74 Å². The van der Waals surface area contributed by atoms with E-state index in [1.54, 1.807) is 61.5 Å². The van der Waals surface area contributed by atoms with Gasteiger partial charge >= 0.3 is 0 Å². The van der Waals surface area contributed by atoms with Gasteiger partial charge in [-0.25, -0.2) is 8.42 Å². The van der Waals surface area contributed by atoms with Crippen LogP contribution in [-0.2, 0) is 14.8 Å². The Balaban J connectivity index is 1.61. The Kier molecular flexibility index (Phi) is 6.80. The Morgan fingerprint density at radius 2 is 1.26 bits per heavy atom. The van der Waals surface area contributed by atoms with E-state index >= 15 is 0 Å². The van der Waals surface area contributed by atoms with Crippen LogP contribution in [0.3, 0.4) is 0 Å². The molecule has 34 heavy (non-hydrogen) atoms. The third-order valence-electron chi connectivity index (χ3n) is 5.37. The zero-order valence-corrected chi connectivity index (χ0v) is 19.8. The molecule has 0 radical (unpaired) electrons. The van der Waals surface area contributed by atoms with Crippen LogP contribution in [0.1, 0.15) is 12.5 Å². The summed E-state index contributed by atoms with van der Waals surface area (Å²) in [4.78, 5) is 13.5. The molecule has 0 N–H and O–H groups in total. The van der Waals surface area contributed by atoms with E-state index in [1.165, 1.54) is 12.1 Å². The number of para-hydroxylation sites is 1. The maximum Gasteiger partial charge on any atom is 0.281 e. The number of sulfonamides is 1. The van der Waals surface area contributed by atoms with Crippen LogP contribution in [0.5, 0.6) is 5.75 Å². The highest BCUT2D eigenvalue weighted by atomic mass is 32.2. The van der Waals surface area contributed by atoms with Crippen LogP contribution in [0.25, 0.3) is 11.1 Å². The van der Waals surface area contributed by atoms with Gasteiger partial charge in [-0.2, -0.15) is 4.31 Å². The molecule has 172 valence electrons. The minimum Gasteiger partial charge on any atom is -0.481 e. The highest BCUT2D eigenvalue weighted by molar-refractivity contribution is 7.93. The molecule has 4 aromatic carbocycles. The van der Waals surface area contributed by atoms with E-state index in [0.29, 0.717) is 5.75 Å². The Labute approximate surface area is 200 Å². The molecule has 4 aromatic rings. The molecule has 1 unspecified atom stereocenters. The number of rotatable bonds is 7. The number of benzene rings is 4. The predicted molar refractivity (Wildman–Crippen MR) is 134 cm³/mol. The lowest BCUT2D eigenvalue weighted by atomic mass is 10.1. The van der Waals surface area contributed by atoms with Gasteiger partial charge < -0.3 is 4.74 Å². The van der Waals surface area contributed by atoms with Crippen molar-refractivity contribution >= 4 is 21.6 Å². The lowest BCUT2D eigenvalue weighted by Gasteiger charge is -2.26. The van der Waals surface area contributed by atoms with E-state index in [9.17, 15) is 13.2 Å². The maximum absolute atomic E-state index is 13.5. The molecule has 0 aliphatic carbocycles. The van der Waals surface area contributed by atoms with Crippen molar-refractivity contribution in [1.29, 1.82) is 0 Å². The van der Waals surface area contributed by atoms with Gasteiger partial charge in [-0.05, 0) is 61.4 Å². The molecule has 0 saturated heterocycles. The van der Waals surface area contributed by atoms with Crippen LogP contribution < -0.4 is 9.04 Å². The fourth-order valence-electron chi connectivity index (χ4n) is 3.54. The summed E-state index contributed by atoms with van der Waals surface area (Å²) in [6, 6.07) is 32.0. The predicted octanol–water partition coefficient (Wildman–Crippen LogP) is 5.85. The smallest absolute Gasteiger partial charge is 0.281 e. The van der Waals surface area contributed by atoms with Crippen molar-refractivity contribution in [2.24, 2.45) is 0 Å². The molecule has 0 spiro atoms. The molecule has 0 bridgehead atoms. The first-order chi connectivity index (χ1) is 16.4. The number of carbonyl (C=O) groups is 1. The molecule has 0 aliphatic rings. The summed E-state index contributed by atoms with van der Waals surface area (Å²) in [6.07, 6.45) is -1.04. The molecule has 1 atom stereocenters. The van der Waals surface area contributed by atoms with Crippen molar-refractivity contribution < 1.29 is 17.9 Å². The molecular weight excluding hydrogens is 446 g/mol. The fourth-order valence-corrected chi connectivity index (χ4v) is 5.02. The van der Waals surface area contributed by atoms with Crippen molar-refractivity contribution in [3.05, 3.63) is 115 Å². The lowest BCUT2D eigenvalue weighted by molar-refractivity contribution is -0.123. The summed E-state index contributed by atoms with van der Waals surface area (Å²) < 4.78 is 33.7. The zero-order valence-electron chi connectivity index (χ0n) is 19.0. The number of hydrogen-bond donors (Lipinski definition) is 0. The van der Waals surface area contributed by atoms with Crippen LogP contribution >= 0.6 is 0 Å². The fraction of sp³-hybridized carbons (Fsp3) is 0.107. The molecule has 0 fully saturated rings. The van der Waals surface area contributed by atoms with Gasteiger partial charge in [-0.1, -0.05) is 78.4 Å². The monoisotopic (exact) mass is 471 g/mol. The van der Waals surface area contributed by atoms with E-state index < -0.39 is 22.0 Å². The minimum atomic E-state index is -4.15. The molecule has 0 aromatic heterocycles. The topological polar surface area (TPSA) is 63.7 Å². The normalized spacial score (nSPS) is 12.1. The Bertz CT molecular complexity index is 1350. The number of ether oxygens (including phenoxy) is 1. The molecule has 6 heteroatoms. The number of amides is 1. The standard InChI is InChI=1S/C28H25NO4S/c1-21-13-19-27(20-14-21)34(31,32)29(25-11-7-4-8-12-25)28(30)22(2)33-26-17-15-24(16-18-26)23-9-5-3-6-10-23/h3-20,22H,1-2H3. The Morgan fingerprint density at radius 3 is 1.85 bits per heavy atom. The van der Waals surface area contributed by atoms with Gasteiger partial charge in [0.05, 0.1) is 10.6 Å². The van der Waals surface area contributed by atoms with Gasteiger partial charge in [0, 0.05) is 0 Å². The summed E-state index contributed by atoms with van der Waals surface area (Å²) >= 11 is 0. The first-order valence-corrected chi connectivity index (χ1v) is 12.3. The average molecular weight is 472 g/mol. The van der Waals surface area contributed by atoms with Crippen LogP contribution in [0.2, 0.25) is 0 Å². The number of carbonyl (C=O) groups excluding carboxylic acids is 1. The molecule has 0 aliphatic heterocycles. The van der Waals surface area contributed by atoms with Gasteiger partial charge in [-0.15, -0.1) is 0 Å². The molecule has 0 saturated carbocycles. The van der Waals surface area contributed by atoms with Crippen molar-refractivity contribution in [1.82, 2.24) is 0 Å². The largest absolute Gasteiger partial charge is 0.481 e. The second-order valence-corrected chi connectivity index (χ2v) is 9.69. The van der Waals surface area contributed by atoms with E-state index in [-0.39, 0.29) is 10.6 Å².